The number of rotatable bonds is 4. The van der Waals surface area contributed by atoms with Gasteiger partial charge in [-0.2, -0.15) is 4.98 Å². The molecule has 0 saturated heterocycles. The molecule has 0 aromatic carbocycles. The van der Waals surface area contributed by atoms with Gasteiger partial charge in [-0.15, -0.1) is 0 Å². The van der Waals surface area contributed by atoms with Crippen molar-refractivity contribution >= 4 is 17.0 Å². The molecule has 2 aromatic heterocycles. The Morgan fingerprint density at radius 1 is 1.41 bits per heavy atom. The first kappa shape index (κ1) is 11.5. The van der Waals surface area contributed by atoms with Gasteiger partial charge in [-0.1, -0.05) is 0 Å². The lowest BCUT2D eigenvalue weighted by atomic mass is 10.3. The molecule has 0 bridgehead atoms. The highest BCUT2D eigenvalue weighted by Crippen LogP contribution is 2.07. The van der Waals surface area contributed by atoms with Crippen LogP contribution in [0.15, 0.2) is 23.1 Å². The summed E-state index contributed by atoms with van der Waals surface area (Å²) in [4.78, 5) is 24.3. The summed E-state index contributed by atoms with van der Waals surface area (Å²) in [7, 11) is 4.00. The second kappa shape index (κ2) is 4.92. The van der Waals surface area contributed by atoms with Gasteiger partial charge in [0.2, 0.25) is 11.5 Å². The fraction of sp³-hybridized carbons (Fsp3) is 0.364. The highest BCUT2D eigenvalue weighted by Gasteiger charge is 2.00. The first-order chi connectivity index (χ1) is 8.15. The maximum atomic E-state index is 11.2. The predicted octanol–water partition coefficient (Wildman–Crippen LogP) is 0.292. The van der Waals surface area contributed by atoms with Crippen molar-refractivity contribution in [3.8, 4) is 0 Å². The number of nitrogens with zero attached hydrogens (tertiary/aromatic N) is 3. The minimum atomic E-state index is -0.157. The molecule has 6 heteroatoms. The molecule has 0 aliphatic heterocycles. The smallest absolute Gasteiger partial charge is 0.249 e. The van der Waals surface area contributed by atoms with Crippen LogP contribution in [-0.2, 0) is 0 Å². The maximum absolute atomic E-state index is 11.2. The SMILES string of the molecule is CN(C)CCNc1ncc2ccc(=O)[nH]c2n1. The van der Waals surface area contributed by atoms with Gasteiger partial charge in [0, 0.05) is 30.7 Å². The third-order valence-electron chi connectivity index (χ3n) is 2.32. The highest BCUT2D eigenvalue weighted by atomic mass is 16.1. The van der Waals surface area contributed by atoms with E-state index in [4.69, 9.17) is 0 Å². The third kappa shape index (κ3) is 3.01. The van der Waals surface area contributed by atoms with E-state index in [0.717, 1.165) is 18.5 Å². The lowest BCUT2D eigenvalue weighted by Crippen LogP contribution is -2.21. The zero-order chi connectivity index (χ0) is 12.3. The first-order valence-electron chi connectivity index (χ1n) is 5.40. The van der Waals surface area contributed by atoms with Gasteiger partial charge in [0.1, 0.15) is 5.65 Å². The number of aromatic amines is 1. The van der Waals surface area contributed by atoms with Gasteiger partial charge in [0.25, 0.3) is 0 Å². The normalized spacial score (nSPS) is 11.0. The number of likely N-dealkylation sites (N-methyl/N-ethyl adjacent to an activating group) is 1. The summed E-state index contributed by atoms with van der Waals surface area (Å²) in [6.07, 6.45) is 1.69. The van der Waals surface area contributed by atoms with Crippen LogP contribution in [0.3, 0.4) is 0 Å². The quantitative estimate of drug-likeness (QED) is 0.794. The number of H-pyrrole nitrogens is 1. The molecule has 0 atom stereocenters. The topological polar surface area (TPSA) is 73.9 Å². The molecule has 0 saturated carbocycles. The third-order valence-corrected chi connectivity index (χ3v) is 2.32. The number of hydrogen-bond acceptors (Lipinski definition) is 5. The standard InChI is InChI=1S/C11H15N5O/c1-16(2)6-5-12-11-13-7-8-3-4-9(17)14-10(8)15-11/h3-4,7H,5-6H2,1-2H3,(H2,12,13,14,15,17). The molecule has 0 aliphatic carbocycles. The van der Waals surface area contributed by atoms with Crippen LogP contribution in [0.25, 0.3) is 11.0 Å². The summed E-state index contributed by atoms with van der Waals surface area (Å²) < 4.78 is 0. The van der Waals surface area contributed by atoms with E-state index in [-0.39, 0.29) is 5.56 Å². The van der Waals surface area contributed by atoms with Crippen molar-refractivity contribution in [2.75, 3.05) is 32.5 Å². The van der Waals surface area contributed by atoms with E-state index in [2.05, 4.69) is 25.2 Å². The maximum Gasteiger partial charge on any atom is 0.249 e. The molecule has 2 aromatic rings. The van der Waals surface area contributed by atoms with Crippen LogP contribution in [0.5, 0.6) is 0 Å². The summed E-state index contributed by atoms with van der Waals surface area (Å²) in [5, 5.41) is 3.92. The highest BCUT2D eigenvalue weighted by molar-refractivity contribution is 5.74. The van der Waals surface area contributed by atoms with Crippen molar-refractivity contribution < 1.29 is 0 Å². The molecule has 0 radical (unpaired) electrons. The number of anilines is 1. The van der Waals surface area contributed by atoms with E-state index >= 15 is 0 Å². The zero-order valence-corrected chi connectivity index (χ0v) is 9.90. The lowest BCUT2D eigenvalue weighted by molar-refractivity contribution is 0.425. The van der Waals surface area contributed by atoms with Crippen molar-refractivity contribution in [1.82, 2.24) is 19.9 Å². The largest absolute Gasteiger partial charge is 0.353 e. The van der Waals surface area contributed by atoms with E-state index in [1.165, 1.54) is 6.07 Å². The van der Waals surface area contributed by atoms with Crippen LogP contribution in [0.1, 0.15) is 0 Å². The summed E-state index contributed by atoms with van der Waals surface area (Å²) in [5.41, 5.74) is 0.398. The van der Waals surface area contributed by atoms with E-state index in [1.54, 1.807) is 12.3 Å². The van der Waals surface area contributed by atoms with Crippen molar-refractivity contribution in [3.05, 3.63) is 28.7 Å². The van der Waals surface area contributed by atoms with Gasteiger partial charge in [-0.25, -0.2) is 4.98 Å². The molecule has 17 heavy (non-hydrogen) atoms. The van der Waals surface area contributed by atoms with Gasteiger partial charge < -0.3 is 15.2 Å². The number of hydrogen-bond donors (Lipinski definition) is 2. The Kier molecular flexibility index (Phi) is 3.34. The van der Waals surface area contributed by atoms with Crippen LogP contribution in [0.4, 0.5) is 5.95 Å². The Labute approximate surface area is 98.7 Å². The first-order valence-corrected chi connectivity index (χ1v) is 5.40. The lowest BCUT2D eigenvalue weighted by Gasteiger charge is -2.10. The Balaban J connectivity index is 2.16. The molecule has 2 N–H and O–H groups in total. The van der Waals surface area contributed by atoms with E-state index < -0.39 is 0 Å². The number of fused-ring (bicyclic) bond motifs is 1. The zero-order valence-electron chi connectivity index (χ0n) is 9.90. The molecule has 0 spiro atoms. The monoisotopic (exact) mass is 233 g/mol. The van der Waals surface area contributed by atoms with Crippen LogP contribution in [0.2, 0.25) is 0 Å². The Morgan fingerprint density at radius 2 is 2.24 bits per heavy atom. The number of pyridine rings is 1. The second-order valence-corrected chi connectivity index (χ2v) is 4.05. The fourth-order valence-electron chi connectivity index (χ4n) is 1.41. The average Bonchev–Trinajstić information content (AvgIpc) is 2.28. The van der Waals surface area contributed by atoms with Crippen LogP contribution in [-0.4, -0.2) is 47.0 Å². The van der Waals surface area contributed by atoms with Gasteiger partial charge in [0.15, 0.2) is 0 Å². The summed E-state index contributed by atoms with van der Waals surface area (Å²) in [6.45, 7) is 1.66. The molecule has 0 unspecified atom stereocenters. The molecule has 0 aliphatic rings. The summed E-state index contributed by atoms with van der Waals surface area (Å²) >= 11 is 0. The van der Waals surface area contributed by atoms with Gasteiger partial charge in [0.05, 0.1) is 0 Å². The van der Waals surface area contributed by atoms with Crippen molar-refractivity contribution in [1.29, 1.82) is 0 Å². The van der Waals surface area contributed by atoms with Crippen molar-refractivity contribution in [2.24, 2.45) is 0 Å². The van der Waals surface area contributed by atoms with Gasteiger partial charge >= 0.3 is 0 Å². The molecule has 2 rings (SSSR count). The molecule has 90 valence electrons. The minimum absolute atomic E-state index is 0.157. The second-order valence-electron chi connectivity index (χ2n) is 4.05. The van der Waals surface area contributed by atoms with Crippen LogP contribution in [0, 0.1) is 0 Å². The van der Waals surface area contributed by atoms with Crippen molar-refractivity contribution in [2.45, 2.75) is 0 Å². The van der Waals surface area contributed by atoms with Gasteiger partial charge in [-0.3, -0.25) is 4.79 Å². The molecule has 0 fully saturated rings. The van der Waals surface area contributed by atoms with E-state index in [1.807, 2.05) is 14.1 Å². The summed E-state index contributed by atoms with van der Waals surface area (Å²) in [6, 6.07) is 3.17. The summed E-state index contributed by atoms with van der Waals surface area (Å²) in [5.74, 6) is 0.529. The molecule has 2 heterocycles. The Morgan fingerprint density at radius 3 is 3.00 bits per heavy atom. The molecular weight excluding hydrogens is 218 g/mol. The Bertz CT molecular complexity index is 563. The molecule has 0 amide bonds. The predicted molar refractivity (Wildman–Crippen MR) is 67.2 cm³/mol. The van der Waals surface area contributed by atoms with Crippen LogP contribution < -0.4 is 10.9 Å². The number of aromatic nitrogens is 3. The minimum Gasteiger partial charge on any atom is -0.353 e. The van der Waals surface area contributed by atoms with Gasteiger partial charge in [-0.05, 0) is 20.2 Å². The Hall–Kier alpha value is -1.95. The average molecular weight is 233 g/mol. The molecular formula is C11H15N5O. The van der Waals surface area contributed by atoms with E-state index in [9.17, 15) is 4.79 Å². The fourth-order valence-corrected chi connectivity index (χ4v) is 1.41. The van der Waals surface area contributed by atoms with E-state index in [0.29, 0.717) is 11.6 Å². The van der Waals surface area contributed by atoms with Crippen LogP contribution >= 0.6 is 0 Å². The number of nitrogens with one attached hydrogen (secondary N) is 2. The molecule has 6 nitrogen and oxygen atoms in total. The van der Waals surface area contributed by atoms with Crippen molar-refractivity contribution in [3.63, 3.8) is 0 Å².